The van der Waals surface area contributed by atoms with Crippen LogP contribution in [0.5, 0.6) is 0 Å². The van der Waals surface area contributed by atoms with Crippen LogP contribution in [0, 0.1) is 0 Å². The van der Waals surface area contributed by atoms with Gasteiger partial charge in [0.1, 0.15) is 0 Å². The number of carbonyl (C=O) groups is 2. The van der Waals surface area contributed by atoms with E-state index < -0.39 is 11.5 Å². The molecule has 0 radical (unpaired) electrons. The number of hydrogen-bond acceptors (Lipinski definition) is 3. The Balaban J connectivity index is 0.000000810. The van der Waals surface area contributed by atoms with E-state index in [0.717, 1.165) is 18.2 Å². The second-order valence-corrected chi connectivity index (χ2v) is 1.63. The Hall–Kier alpha value is -0.848. The minimum Gasteiger partial charge on any atom is -0.504 e. The lowest BCUT2D eigenvalue weighted by Gasteiger charge is -1.95. The zero-order valence-corrected chi connectivity index (χ0v) is 4.50. The van der Waals surface area contributed by atoms with Crippen molar-refractivity contribution in [1.82, 2.24) is 0 Å². The number of rotatable bonds is 0. The van der Waals surface area contributed by atoms with E-state index in [4.69, 9.17) is 5.11 Å². The highest BCUT2D eigenvalue weighted by Gasteiger charge is 2.09. The second kappa shape index (κ2) is 3.35. The van der Waals surface area contributed by atoms with Gasteiger partial charge in [-0.2, -0.15) is 0 Å². The van der Waals surface area contributed by atoms with Crippen LogP contribution in [-0.4, -0.2) is 34.0 Å². The van der Waals surface area contributed by atoms with E-state index in [2.05, 4.69) is 0 Å². The first kappa shape index (κ1) is 9.15. The van der Waals surface area contributed by atoms with Gasteiger partial charge in [-0.05, 0) is 12.2 Å². The van der Waals surface area contributed by atoms with Gasteiger partial charge in [0.15, 0.2) is 28.9 Å². The van der Waals surface area contributed by atoms with E-state index in [1.165, 1.54) is 0 Å². The Morgan fingerprint density at radius 3 is 2.20 bits per heavy atom. The Kier molecular flexibility index (Phi) is 3.07. The van der Waals surface area contributed by atoms with Gasteiger partial charge < -0.3 is 5.11 Å². The molecule has 1 rings (SSSR count). The number of allylic oxidation sites excluding steroid dienone is 3. The van der Waals surface area contributed by atoms with Crippen molar-refractivity contribution in [1.29, 1.82) is 0 Å². The van der Waals surface area contributed by atoms with Gasteiger partial charge in [-0.1, -0.05) is 0 Å². The van der Waals surface area contributed by atoms with Gasteiger partial charge in [0.05, 0.1) is 0 Å². The van der Waals surface area contributed by atoms with E-state index in [9.17, 15) is 9.59 Å². The molecule has 0 aromatic rings. The van der Waals surface area contributed by atoms with Crippen LogP contribution in [0.15, 0.2) is 24.0 Å². The third kappa shape index (κ3) is 1.83. The molecule has 52 valence electrons. The Labute approximate surface area is 68.2 Å². The minimum absolute atomic E-state index is 0. The molecule has 0 fully saturated rings. The third-order valence-corrected chi connectivity index (χ3v) is 0.930. The fourth-order valence-corrected chi connectivity index (χ4v) is 0.497. The monoisotopic (exact) mass is 154 g/mol. The molecule has 0 heterocycles. The van der Waals surface area contributed by atoms with Crippen LogP contribution in [-0.2, 0) is 9.59 Å². The first-order valence-corrected chi connectivity index (χ1v) is 2.37. The van der Waals surface area contributed by atoms with Crippen molar-refractivity contribution in [2.24, 2.45) is 0 Å². The molecule has 0 saturated heterocycles. The summed E-state index contributed by atoms with van der Waals surface area (Å²) in [5.41, 5.74) is 0. The van der Waals surface area contributed by atoms with E-state index in [-0.39, 0.29) is 23.1 Å². The van der Waals surface area contributed by atoms with Crippen LogP contribution >= 0.6 is 0 Å². The number of carbonyl (C=O) groups excluding carboxylic acids is 2. The van der Waals surface area contributed by atoms with Crippen LogP contribution in [0.2, 0.25) is 0 Å². The molecule has 0 aromatic carbocycles. The first-order valence-electron chi connectivity index (χ1n) is 2.37. The van der Waals surface area contributed by atoms with E-state index in [1.54, 1.807) is 0 Å². The van der Waals surface area contributed by atoms with Crippen LogP contribution in [0.3, 0.4) is 0 Å². The molecule has 0 amide bonds. The predicted octanol–water partition coefficient (Wildman–Crippen LogP) is -1.05. The van der Waals surface area contributed by atoms with Crippen molar-refractivity contribution < 1.29 is 14.7 Å². The number of ketones is 2. The molecule has 4 heteroatoms. The molecule has 10 heavy (non-hydrogen) atoms. The van der Waals surface area contributed by atoms with Gasteiger partial charge in [0.2, 0.25) is 5.78 Å². The van der Waals surface area contributed by atoms with Gasteiger partial charge in [0.25, 0.3) is 0 Å². The fourth-order valence-electron chi connectivity index (χ4n) is 0.497. The predicted molar refractivity (Wildman–Crippen MR) is 39.8 cm³/mol. The molecule has 1 aliphatic rings. The summed E-state index contributed by atoms with van der Waals surface area (Å²) in [6.45, 7) is 0. The average Bonchev–Trinajstić information content (AvgIpc) is 1.80. The lowest BCUT2D eigenvalue weighted by Crippen LogP contribution is -2.05. The second-order valence-electron chi connectivity index (χ2n) is 1.63. The highest BCUT2D eigenvalue weighted by Crippen LogP contribution is 1.99. The van der Waals surface area contributed by atoms with E-state index in [1.807, 2.05) is 0 Å². The van der Waals surface area contributed by atoms with Crippen molar-refractivity contribution in [3.8, 4) is 0 Å². The fraction of sp³-hybridized carbons (Fsp3) is 0. The van der Waals surface area contributed by atoms with Crippen LogP contribution in [0.25, 0.3) is 0 Å². The van der Waals surface area contributed by atoms with Gasteiger partial charge in [-0.25, -0.2) is 0 Å². The molecule has 0 aromatic heterocycles. The highest BCUT2D eigenvalue weighted by molar-refractivity contribution is 6.15. The Bertz CT molecular complexity index is 227. The summed E-state index contributed by atoms with van der Waals surface area (Å²) in [5, 5.41) is 8.59. The SMILES string of the molecule is O=C1C=CC(=O)C(O)=C1.[AlH3]. The number of aliphatic hydroxyl groups is 1. The molecule has 1 aliphatic carbocycles. The summed E-state index contributed by atoms with van der Waals surface area (Å²) >= 11 is 0. The quantitative estimate of drug-likeness (QED) is 0.358. The Morgan fingerprint density at radius 1 is 1.20 bits per heavy atom. The van der Waals surface area contributed by atoms with Gasteiger partial charge in [0, 0.05) is 6.08 Å². The smallest absolute Gasteiger partial charge is 0.220 e. The summed E-state index contributed by atoms with van der Waals surface area (Å²) < 4.78 is 0. The summed E-state index contributed by atoms with van der Waals surface area (Å²) in [5.74, 6) is -1.36. The van der Waals surface area contributed by atoms with Crippen LogP contribution in [0.4, 0.5) is 0 Å². The normalized spacial score (nSPS) is 16.2. The highest BCUT2D eigenvalue weighted by atomic mass is 27.0. The third-order valence-electron chi connectivity index (χ3n) is 0.930. The summed E-state index contributed by atoms with van der Waals surface area (Å²) in [6.07, 6.45) is 3.04. The molecule has 0 spiro atoms. The van der Waals surface area contributed by atoms with Gasteiger partial charge in [-0.15, -0.1) is 0 Å². The maximum Gasteiger partial charge on any atom is 0.220 e. The van der Waals surface area contributed by atoms with Crippen LogP contribution in [0.1, 0.15) is 0 Å². The maximum absolute atomic E-state index is 10.4. The van der Waals surface area contributed by atoms with Crippen molar-refractivity contribution in [3.63, 3.8) is 0 Å². The lowest BCUT2D eigenvalue weighted by atomic mass is 10.1. The largest absolute Gasteiger partial charge is 0.504 e. The average molecular weight is 154 g/mol. The van der Waals surface area contributed by atoms with Crippen molar-refractivity contribution in [3.05, 3.63) is 24.0 Å². The topological polar surface area (TPSA) is 54.4 Å². The summed E-state index contributed by atoms with van der Waals surface area (Å²) in [6, 6.07) is 0. The first-order chi connectivity index (χ1) is 4.20. The van der Waals surface area contributed by atoms with Crippen molar-refractivity contribution >= 4 is 28.9 Å². The molecular formula is C6H7AlO3. The number of hydrogen-bond donors (Lipinski definition) is 1. The molecule has 0 unspecified atom stereocenters. The minimum atomic E-state index is -0.519. The lowest BCUT2D eigenvalue weighted by molar-refractivity contribution is -0.116. The molecular weight excluding hydrogens is 147 g/mol. The van der Waals surface area contributed by atoms with Gasteiger partial charge in [-0.3, -0.25) is 9.59 Å². The standard InChI is InChI=1S/C6H4O3.Al.3H/c7-4-1-2-5(8)6(9)3-4;;;;/h1-3,9H;;;;. The number of aliphatic hydroxyl groups excluding tert-OH is 1. The molecule has 3 nitrogen and oxygen atoms in total. The molecule has 0 atom stereocenters. The Morgan fingerprint density at radius 2 is 1.80 bits per heavy atom. The van der Waals surface area contributed by atoms with Gasteiger partial charge >= 0.3 is 0 Å². The summed E-state index contributed by atoms with van der Waals surface area (Å²) in [4.78, 5) is 20.7. The van der Waals surface area contributed by atoms with Crippen LogP contribution < -0.4 is 0 Å². The zero-order valence-electron chi connectivity index (χ0n) is 4.50. The van der Waals surface area contributed by atoms with E-state index in [0.29, 0.717) is 0 Å². The molecule has 0 saturated carbocycles. The van der Waals surface area contributed by atoms with Crippen molar-refractivity contribution in [2.45, 2.75) is 0 Å². The molecule has 0 aliphatic heterocycles. The van der Waals surface area contributed by atoms with E-state index >= 15 is 0 Å². The summed E-state index contributed by atoms with van der Waals surface area (Å²) in [7, 11) is 0. The van der Waals surface area contributed by atoms with Crippen molar-refractivity contribution in [2.75, 3.05) is 0 Å². The molecule has 1 N–H and O–H groups in total. The maximum atomic E-state index is 10.4. The molecule has 0 bridgehead atoms. The zero-order chi connectivity index (χ0) is 6.85.